The van der Waals surface area contributed by atoms with E-state index in [4.69, 9.17) is 0 Å². The van der Waals surface area contributed by atoms with Crippen LogP contribution in [-0.4, -0.2) is 5.11 Å². The Kier molecular flexibility index (Phi) is 6.04. The highest BCUT2D eigenvalue weighted by molar-refractivity contribution is 5.35. The second-order valence-electron chi connectivity index (χ2n) is 9.51. The smallest absolute Gasteiger partial charge is 0.112 e. The number of aliphatic hydroxyl groups excluding tert-OH is 1. The molecule has 0 aromatic carbocycles. The van der Waals surface area contributed by atoms with Crippen LogP contribution in [0.4, 0.5) is 0 Å². The van der Waals surface area contributed by atoms with Gasteiger partial charge < -0.3 is 5.11 Å². The average Bonchev–Trinajstić information content (AvgIpc) is 2.98. The summed E-state index contributed by atoms with van der Waals surface area (Å²) in [5.41, 5.74) is 2.13. The first-order valence-corrected chi connectivity index (χ1v) is 9.90. The van der Waals surface area contributed by atoms with E-state index in [2.05, 4.69) is 60.3 Å². The molecule has 5 unspecified atom stereocenters. The van der Waals surface area contributed by atoms with Gasteiger partial charge in [0.15, 0.2) is 0 Å². The maximum atomic E-state index is 9.91. The molecule has 2 saturated carbocycles. The lowest BCUT2D eigenvalue weighted by atomic mass is 9.84. The number of hydrogen-bond donors (Lipinski definition) is 1. The fourth-order valence-electron chi connectivity index (χ4n) is 5.29. The molecule has 0 aliphatic heterocycles. The monoisotopic (exact) mass is 330 g/mol. The molecule has 2 aliphatic carbocycles. The summed E-state index contributed by atoms with van der Waals surface area (Å²) in [7, 11) is 0. The van der Waals surface area contributed by atoms with Crippen molar-refractivity contribution in [3.05, 3.63) is 35.6 Å². The summed E-state index contributed by atoms with van der Waals surface area (Å²) in [4.78, 5) is 0. The van der Waals surface area contributed by atoms with Gasteiger partial charge in [0.25, 0.3) is 0 Å². The average molecular weight is 331 g/mol. The predicted molar refractivity (Wildman–Crippen MR) is 105 cm³/mol. The normalized spacial score (nSPS) is 34.5. The van der Waals surface area contributed by atoms with Crippen LogP contribution in [0.25, 0.3) is 0 Å². The van der Waals surface area contributed by atoms with Crippen LogP contribution in [0.5, 0.6) is 0 Å². The van der Waals surface area contributed by atoms with E-state index in [1.54, 1.807) is 0 Å². The molecule has 0 aromatic heterocycles. The van der Waals surface area contributed by atoms with E-state index >= 15 is 0 Å². The van der Waals surface area contributed by atoms with Crippen molar-refractivity contribution in [3.8, 4) is 0 Å². The van der Waals surface area contributed by atoms with Crippen LogP contribution in [0.15, 0.2) is 35.6 Å². The van der Waals surface area contributed by atoms with Gasteiger partial charge in [0.05, 0.1) is 0 Å². The van der Waals surface area contributed by atoms with Gasteiger partial charge >= 0.3 is 0 Å². The van der Waals surface area contributed by atoms with Crippen LogP contribution in [0.2, 0.25) is 0 Å². The van der Waals surface area contributed by atoms with Gasteiger partial charge in [-0.15, -0.1) is 0 Å². The number of allylic oxidation sites excluding steroid dienone is 4. The Morgan fingerprint density at radius 1 is 1.12 bits per heavy atom. The first kappa shape index (κ1) is 19.3. The van der Waals surface area contributed by atoms with Crippen LogP contribution in [-0.2, 0) is 0 Å². The third-order valence-electron chi connectivity index (χ3n) is 6.47. The van der Waals surface area contributed by atoms with Gasteiger partial charge in [-0.3, -0.25) is 0 Å². The van der Waals surface area contributed by atoms with Crippen molar-refractivity contribution in [2.24, 2.45) is 35.0 Å². The maximum absolute atomic E-state index is 9.91. The summed E-state index contributed by atoms with van der Waals surface area (Å²) in [6, 6.07) is 0. The lowest BCUT2D eigenvalue weighted by molar-refractivity contribution is 0.327. The van der Waals surface area contributed by atoms with E-state index in [0.717, 1.165) is 35.2 Å². The molecule has 0 amide bonds. The van der Waals surface area contributed by atoms with E-state index in [-0.39, 0.29) is 11.2 Å². The zero-order chi connectivity index (χ0) is 18.1. The van der Waals surface area contributed by atoms with Gasteiger partial charge in [-0.05, 0) is 73.2 Å². The van der Waals surface area contributed by atoms with E-state index in [9.17, 15) is 5.11 Å². The van der Waals surface area contributed by atoms with Crippen LogP contribution in [0.1, 0.15) is 73.6 Å². The van der Waals surface area contributed by atoms with Gasteiger partial charge in [0.1, 0.15) is 5.76 Å². The minimum atomic E-state index is -0.0758. The summed E-state index contributed by atoms with van der Waals surface area (Å²) < 4.78 is 0. The number of fused-ring (bicyclic) bond motifs is 1. The first-order valence-electron chi connectivity index (χ1n) is 9.90. The fraction of sp³-hybridized carbons (Fsp3) is 0.739. The Morgan fingerprint density at radius 3 is 2.21 bits per heavy atom. The van der Waals surface area contributed by atoms with Crippen molar-refractivity contribution in [1.29, 1.82) is 0 Å². The summed E-state index contributed by atoms with van der Waals surface area (Å²) in [5, 5.41) is 9.91. The highest BCUT2D eigenvalue weighted by atomic mass is 16.3. The molecule has 2 aliphatic rings. The Balaban J connectivity index is 2.08. The van der Waals surface area contributed by atoms with Gasteiger partial charge in [0.2, 0.25) is 0 Å². The molecule has 5 atom stereocenters. The molecule has 0 heterocycles. The van der Waals surface area contributed by atoms with Crippen LogP contribution in [0.3, 0.4) is 0 Å². The minimum Gasteiger partial charge on any atom is -0.508 e. The summed E-state index contributed by atoms with van der Waals surface area (Å²) >= 11 is 0. The van der Waals surface area contributed by atoms with E-state index in [1.807, 2.05) is 0 Å². The highest BCUT2D eigenvalue weighted by Gasteiger charge is 2.46. The molecule has 0 aromatic rings. The minimum absolute atomic E-state index is 0.0758. The Bertz CT molecular complexity index is 517. The lowest BCUT2D eigenvalue weighted by Gasteiger charge is -2.22. The molecule has 2 fully saturated rings. The van der Waals surface area contributed by atoms with Crippen LogP contribution >= 0.6 is 0 Å². The van der Waals surface area contributed by atoms with Crippen LogP contribution in [0, 0.1) is 35.0 Å². The van der Waals surface area contributed by atoms with Gasteiger partial charge in [-0.2, -0.15) is 0 Å². The van der Waals surface area contributed by atoms with Crippen LogP contribution < -0.4 is 0 Å². The quantitative estimate of drug-likeness (QED) is 0.422. The van der Waals surface area contributed by atoms with E-state index in [1.165, 1.54) is 37.7 Å². The Morgan fingerprint density at radius 2 is 1.71 bits per heavy atom. The third kappa shape index (κ3) is 4.35. The molecular weight excluding hydrogens is 292 g/mol. The van der Waals surface area contributed by atoms with Crippen molar-refractivity contribution in [2.75, 3.05) is 0 Å². The van der Waals surface area contributed by atoms with Crippen molar-refractivity contribution in [1.82, 2.24) is 0 Å². The molecule has 0 bridgehead atoms. The molecule has 0 saturated heterocycles. The molecule has 1 N–H and O–H groups in total. The second-order valence-corrected chi connectivity index (χ2v) is 9.51. The SMILES string of the molecule is C=C(O)/C(=C\C(C)=C/CC1CC(CC)C2CC(C)CC12)C(C)(C)C. The van der Waals surface area contributed by atoms with Crippen molar-refractivity contribution < 1.29 is 5.11 Å². The molecule has 0 radical (unpaired) electrons. The zero-order valence-electron chi connectivity index (χ0n) is 16.7. The van der Waals surface area contributed by atoms with Gasteiger partial charge in [0, 0.05) is 0 Å². The number of hydrogen-bond acceptors (Lipinski definition) is 1. The number of rotatable bonds is 5. The maximum Gasteiger partial charge on any atom is 0.112 e. The largest absolute Gasteiger partial charge is 0.508 e. The third-order valence-corrected chi connectivity index (χ3v) is 6.47. The standard InChI is InChI=1S/C23H38O/c1-8-18-14-19(21-12-16(3)11-20(18)21)10-9-15(2)13-22(17(4)24)23(5,6)7/h9,13,16,18-21,24H,4,8,10-12,14H2,1-3,5-7H3/b15-9-,22-13+. The lowest BCUT2D eigenvalue weighted by Crippen LogP contribution is -2.11. The Labute approximate surface area is 149 Å². The summed E-state index contributed by atoms with van der Waals surface area (Å²) in [6.07, 6.45) is 11.4. The summed E-state index contributed by atoms with van der Waals surface area (Å²) in [5.74, 6) is 4.88. The molecule has 136 valence electrons. The summed E-state index contributed by atoms with van der Waals surface area (Å²) in [6.45, 7) is 17.1. The predicted octanol–water partition coefficient (Wildman–Crippen LogP) is 7.08. The number of aliphatic hydroxyl groups is 1. The molecule has 2 rings (SSSR count). The van der Waals surface area contributed by atoms with Crippen molar-refractivity contribution >= 4 is 0 Å². The van der Waals surface area contributed by atoms with Crippen molar-refractivity contribution in [3.63, 3.8) is 0 Å². The van der Waals surface area contributed by atoms with E-state index in [0.29, 0.717) is 0 Å². The highest BCUT2D eigenvalue weighted by Crippen LogP contribution is 2.54. The molecule has 0 spiro atoms. The Hall–Kier alpha value is -0.980. The van der Waals surface area contributed by atoms with Crippen molar-refractivity contribution in [2.45, 2.75) is 73.6 Å². The molecule has 1 heteroatoms. The first-order chi connectivity index (χ1) is 11.1. The molecule has 24 heavy (non-hydrogen) atoms. The van der Waals surface area contributed by atoms with E-state index < -0.39 is 0 Å². The fourth-order valence-corrected chi connectivity index (χ4v) is 5.29. The zero-order valence-corrected chi connectivity index (χ0v) is 16.7. The topological polar surface area (TPSA) is 20.2 Å². The molecular formula is C23H38O. The van der Waals surface area contributed by atoms with Gasteiger partial charge in [-0.1, -0.05) is 65.3 Å². The second kappa shape index (κ2) is 7.50. The van der Waals surface area contributed by atoms with Gasteiger partial charge in [-0.25, -0.2) is 0 Å². The molecule has 1 nitrogen and oxygen atoms in total.